The molecule has 0 aromatic heterocycles. The van der Waals surface area contributed by atoms with Crippen LogP contribution in [0.5, 0.6) is 0 Å². The molecule has 1 atom stereocenters. The summed E-state index contributed by atoms with van der Waals surface area (Å²) in [6.45, 7) is 6.43. The molecular formula is C61H102O6. The average Bonchev–Trinajstić information content (AvgIpc) is 3.33. The van der Waals surface area contributed by atoms with Gasteiger partial charge in [0.2, 0.25) is 0 Å². The van der Waals surface area contributed by atoms with Gasteiger partial charge in [-0.15, -0.1) is 0 Å². The topological polar surface area (TPSA) is 78.9 Å². The maximum absolute atomic E-state index is 12.8. The maximum atomic E-state index is 12.8. The Bertz CT molecular complexity index is 1350. The Labute approximate surface area is 413 Å². The lowest BCUT2D eigenvalue weighted by Gasteiger charge is -2.18. The average molecular weight is 931 g/mol. The van der Waals surface area contributed by atoms with E-state index in [4.69, 9.17) is 14.2 Å². The SMILES string of the molecule is CC/C=C/C/C=C/C/C=C/C/C=C/C/C=C/C/C=C/CCC(=O)OC[C@@H](COC(=O)CCCCCCCCCCCCCCC)OC(=O)CCCCCCCCC/C=C/C/C=C/CCCCC. The van der Waals surface area contributed by atoms with Crippen LogP contribution in [-0.2, 0) is 28.6 Å². The molecule has 0 rings (SSSR count). The first-order valence-corrected chi connectivity index (χ1v) is 27.7. The molecule has 0 radical (unpaired) electrons. The first-order valence-electron chi connectivity index (χ1n) is 27.7. The van der Waals surface area contributed by atoms with Crippen molar-refractivity contribution in [1.29, 1.82) is 0 Å². The van der Waals surface area contributed by atoms with Gasteiger partial charge in [-0.1, -0.05) is 240 Å². The van der Waals surface area contributed by atoms with E-state index in [9.17, 15) is 14.4 Å². The van der Waals surface area contributed by atoms with Gasteiger partial charge in [0.15, 0.2) is 6.10 Å². The fraction of sp³-hybridized carbons (Fsp3) is 0.689. The number of hydrogen-bond acceptors (Lipinski definition) is 6. The number of esters is 3. The van der Waals surface area contributed by atoms with Crippen LogP contribution in [0.1, 0.15) is 252 Å². The van der Waals surface area contributed by atoms with Crippen LogP contribution in [0.2, 0.25) is 0 Å². The molecule has 0 unspecified atom stereocenters. The van der Waals surface area contributed by atoms with Crippen molar-refractivity contribution in [3.63, 3.8) is 0 Å². The lowest BCUT2D eigenvalue weighted by molar-refractivity contribution is -0.166. The van der Waals surface area contributed by atoms with E-state index in [1.54, 1.807) is 0 Å². The summed E-state index contributed by atoms with van der Waals surface area (Å²) in [5.74, 6) is -0.996. The van der Waals surface area contributed by atoms with Crippen LogP contribution in [0.15, 0.2) is 97.2 Å². The fourth-order valence-electron chi connectivity index (χ4n) is 7.44. The quantitative estimate of drug-likeness (QED) is 0.0262. The molecule has 6 heteroatoms. The normalized spacial score (nSPS) is 12.8. The van der Waals surface area contributed by atoms with E-state index in [1.165, 1.54) is 116 Å². The monoisotopic (exact) mass is 931 g/mol. The molecule has 0 bridgehead atoms. The van der Waals surface area contributed by atoms with E-state index < -0.39 is 6.10 Å². The van der Waals surface area contributed by atoms with Crippen LogP contribution in [0.25, 0.3) is 0 Å². The van der Waals surface area contributed by atoms with Crippen molar-refractivity contribution >= 4 is 17.9 Å². The molecule has 0 saturated heterocycles. The molecule has 0 heterocycles. The van der Waals surface area contributed by atoms with Gasteiger partial charge >= 0.3 is 17.9 Å². The summed E-state index contributed by atoms with van der Waals surface area (Å²) < 4.78 is 16.8. The molecule has 0 fully saturated rings. The van der Waals surface area contributed by atoms with Gasteiger partial charge in [-0.3, -0.25) is 14.4 Å². The Morgan fingerprint density at radius 3 is 1.03 bits per heavy atom. The number of unbranched alkanes of at least 4 members (excludes halogenated alkanes) is 22. The smallest absolute Gasteiger partial charge is 0.306 e. The summed E-state index contributed by atoms with van der Waals surface area (Å²) in [4.78, 5) is 38.1. The number of carbonyl (C=O) groups is 3. The van der Waals surface area contributed by atoms with Gasteiger partial charge in [0.05, 0.1) is 0 Å². The fourth-order valence-corrected chi connectivity index (χ4v) is 7.44. The van der Waals surface area contributed by atoms with Crippen LogP contribution in [0.4, 0.5) is 0 Å². The van der Waals surface area contributed by atoms with Crippen LogP contribution in [-0.4, -0.2) is 37.2 Å². The van der Waals surface area contributed by atoms with E-state index in [-0.39, 0.29) is 37.5 Å². The van der Waals surface area contributed by atoms with Gasteiger partial charge < -0.3 is 14.2 Å². The molecule has 0 spiro atoms. The molecule has 0 aromatic rings. The molecule has 0 N–H and O–H groups in total. The molecule has 382 valence electrons. The summed E-state index contributed by atoms with van der Waals surface area (Å²) in [7, 11) is 0. The Kier molecular flexibility index (Phi) is 51.9. The van der Waals surface area contributed by atoms with Gasteiger partial charge in [-0.25, -0.2) is 0 Å². The van der Waals surface area contributed by atoms with Crippen LogP contribution in [0.3, 0.4) is 0 Å². The number of hydrogen-bond donors (Lipinski definition) is 0. The van der Waals surface area contributed by atoms with Crippen molar-refractivity contribution in [2.24, 2.45) is 0 Å². The molecule has 0 aliphatic carbocycles. The van der Waals surface area contributed by atoms with Crippen molar-refractivity contribution < 1.29 is 28.6 Å². The second kappa shape index (κ2) is 54.9. The van der Waals surface area contributed by atoms with Crippen LogP contribution in [0, 0.1) is 0 Å². The van der Waals surface area contributed by atoms with Crippen LogP contribution < -0.4 is 0 Å². The van der Waals surface area contributed by atoms with E-state index >= 15 is 0 Å². The lowest BCUT2D eigenvalue weighted by atomic mass is 10.0. The predicted molar refractivity (Wildman–Crippen MR) is 288 cm³/mol. The Morgan fingerprint density at radius 2 is 0.612 bits per heavy atom. The van der Waals surface area contributed by atoms with Gasteiger partial charge in [0.25, 0.3) is 0 Å². The molecule has 0 aliphatic heterocycles. The second-order valence-electron chi connectivity index (χ2n) is 18.1. The van der Waals surface area contributed by atoms with Crippen molar-refractivity contribution in [1.82, 2.24) is 0 Å². The standard InChI is InChI=1S/C61H102O6/c1-4-7-10-13-16-19-22-25-27-29-30-32-33-36-39-42-45-48-51-54-60(63)66-57-58(56-65-59(62)53-50-47-44-41-38-35-24-21-18-15-12-9-6-3)67-61(64)55-52-49-46-43-40-37-34-31-28-26-23-20-17-14-11-8-5-2/h7,10,16-17,19-20,25-28,30,32,36,39,45,48,58H,4-6,8-9,11-15,18,21-24,29,31,33-35,37-38,40-44,46-47,49-57H2,1-3H3/b10-7+,19-16+,20-17+,27-25+,28-26+,32-30+,39-36+,48-45+/t58-/m1/s1. The largest absolute Gasteiger partial charge is 0.462 e. The zero-order chi connectivity index (χ0) is 48.6. The summed E-state index contributed by atoms with van der Waals surface area (Å²) in [6, 6.07) is 0. The minimum atomic E-state index is -0.811. The first kappa shape index (κ1) is 63.3. The molecular weight excluding hydrogens is 829 g/mol. The summed E-state index contributed by atoms with van der Waals surface area (Å²) in [5, 5.41) is 0. The summed E-state index contributed by atoms with van der Waals surface area (Å²) in [6.07, 6.45) is 72.6. The maximum Gasteiger partial charge on any atom is 0.306 e. The van der Waals surface area contributed by atoms with Gasteiger partial charge in [0, 0.05) is 19.3 Å². The molecule has 0 amide bonds. The lowest BCUT2D eigenvalue weighted by Crippen LogP contribution is -2.30. The second-order valence-corrected chi connectivity index (χ2v) is 18.1. The molecule has 0 aromatic carbocycles. The molecule has 6 nitrogen and oxygen atoms in total. The number of ether oxygens (including phenoxy) is 3. The van der Waals surface area contributed by atoms with Crippen molar-refractivity contribution in [2.75, 3.05) is 13.2 Å². The van der Waals surface area contributed by atoms with Gasteiger partial charge in [-0.05, 0) is 89.9 Å². The van der Waals surface area contributed by atoms with E-state index in [2.05, 4.69) is 112 Å². The van der Waals surface area contributed by atoms with E-state index in [1.807, 2.05) is 6.08 Å². The Balaban J connectivity index is 4.51. The summed E-state index contributed by atoms with van der Waals surface area (Å²) >= 11 is 0. The predicted octanol–water partition coefficient (Wildman–Crippen LogP) is 18.5. The van der Waals surface area contributed by atoms with Crippen molar-refractivity contribution in [3.8, 4) is 0 Å². The third-order valence-electron chi connectivity index (χ3n) is 11.6. The van der Waals surface area contributed by atoms with Crippen molar-refractivity contribution in [2.45, 2.75) is 258 Å². The highest BCUT2D eigenvalue weighted by Gasteiger charge is 2.19. The molecule has 0 aliphatic rings. The highest BCUT2D eigenvalue weighted by atomic mass is 16.6. The third-order valence-corrected chi connectivity index (χ3v) is 11.6. The Morgan fingerprint density at radius 1 is 0.313 bits per heavy atom. The van der Waals surface area contributed by atoms with Gasteiger partial charge in [0.1, 0.15) is 13.2 Å². The zero-order valence-corrected chi connectivity index (χ0v) is 43.6. The number of allylic oxidation sites excluding steroid dienone is 16. The Hall–Kier alpha value is -3.67. The van der Waals surface area contributed by atoms with Crippen LogP contribution >= 0.6 is 0 Å². The number of rotatable bonds is 49. The molecule has 0 saturated carbocycles. The van der Waals surface area contributed by atoms with E-state index in [0.717, 1.165) is 89.9 Å². The first-order chi connectivity index (χ1) is 33.0. The third kappa shape index (κ3) is 53.2. The highest BCUT2D eigenvalue weighted by Crippen LogP contribution is 2.15. The van der Waals surface area contributed by atoms with Gasteiger partial charge in [-0.2, -0.15) is 0 Å². The minimum absolute atomic E-state index is 0.103. The van der Waals surface area contributed by atoms with E-state index in [0.29, 0.717) is 19.3 Å². The van der Waals surface area contributed by atoms with Crippen molar-refractivity contribution in [3.05, 3.63) is 97.2 Å². The minimum Gasteiger partial charge on any atom is -0.462 e. The highest BCUT2D eigenvalue weighted by molar-refractivity contribution is 5.71. The molecule has 67 heavy (non-hydrogen) atoms. The zero-order valence-electron chi connectivity index (χ0n) is 43.6. The summed E-state index contributed by atoms with van der Waals surface area (Å²) in [5.41, 5.74) is 0. The number of carbonyl (C=O) groups excluding carboxylic acids is 3.